The van der Waals surface area contributed by atoms with Crippen LogP contribution in [0.15, 0.2) is 176 Å². The second kappa shape index (κ2) is 16.7. The van der Waals surface area contributed by atoms with Crippen LogP contribution in [0.5, 0.6) is 0 Å². The highest BCUT2D eigenvalue weighted by Crippen LogP contribution is 2.46. The van der Waals surface area contributed by atoms with Crippen LogP contribution >= 0.6 is 0 Å². The lowest BCUT2D eigenvalue weighted by molar-refractivity contribution is 0.438. The third-order valence-electron chi connectivity index (χ3n) is 8.07. The molecule has 0 fully saturated rings. The first-order valence-corrected chi connectivity index (χ1v) is 15.4. The average molecular weight is 593 g/mol. The Labute approximate surface area is 269 Å². The Morgan fingerprint density at radius 3 is 2.09 bits per heavy atom. The van der Waals surface area contributed by atoms with E-state index in [0.29, 0.717) is 0 Å². The van der Waals surface area contributed by atoms with Crippen molar-refractivity contribution < 1.29 is 5.11 Å². The molecule has 3 heteroatoms. The molecule has 3 aliphatic carbocycles. The molecule has 45 heavy (non-hydrogen) atoms. The predicted molar refractivity (Wildman–Crippen MR) is 193 cm³/mol. The minimum absolute atomic E-state index is 0.442. The molecular formula is C42H44N2O. The molecule has 0 amide bonds. The van der Waals surface area contributed by atoms with E-state index in [1.165, 1.54) is 47.6 Å². The predicted octanol–water partition coefficient (Wildman–Crippen LogP) is 9.45. The highest BCUT2D eigenvalue weighted by molar-refractivity contribution is 5.79. The molecule has 5 N–H and O–H groups in total. The summed E-state index contributed by atoms with van der Waals surface area (Å²) in [6, 6.07) is 27.7. The molecule has 1 atom stereocenters. The van der Waals surface area contributed by atoms with E-state index in [-0.39, 0.29) is 0 Å². The fraction of sp³-hybridized carbons (Fsp3) is 0.143. The van der Waals surface area contributed by atoms with Crippen LogP contribution < -0.4 is 11.5 Å². The summed E-state index contributed by atoms with van der Waals surface area (Å²) in [7, 11) is 1.50. The van der Waals surface area contributed by atoms with Crippen molar-refractivity contribution in [3.63, 3.8) is 0 Å². The first-order chi connectivity index (χ1) is 22.1. The van der Waals surface area contributed by atoms with Gasteiger partial charge in [-0.3, -0.25) is 0 Å². The van der Waals surface area contributed by atoms with Gasteiger partial charge >= 0.3 is 0 Å². The molecule has 0 bridgehead atoms. The van der Waals surface area contributed by atoms with Gasteiger partial charge in [-0.05, 0) is 82.8 Å². The molecule has 0 saturated heterocycles. The molecule has 3 nitrogen and oxygen atoms in total. The van der Waals surface area contributed by atoms with Crippen LogP contribution in [0.3, 0.4) is 0 Å². The maximum atomic E-state index is 10.5. The van der Waals surface area contributed by atoms with Gasteiger partial charge in [0.1, 0.15) is 0 Å². The summed E-state index contributed by atoms with van der Waals surface area (Å²) in [5.74, 6) is 0. The van der Waals surface area contributed by atoms with Gasteiger partial charge in [-0.25, -0.2) is 0 Å². The SMILES string of the molecule is C1=C(c2ccccc2)C1.C=C1/C=C\C=C/CC2(CC=C/C(=C\N)c3ccc(Cc4ccccc4)cc32)C(=C\O)/C=C\C=C/1.CN. The highest BCUT2D eigenvalue weighted by atomic mass is 16.2. The molecule has 228 valence electrons. The van der Waals surface area contributed by atoms with E-state index < -0.39 is 5.41 Å². The number of aliphatic hydroxyl groups excluding tert-OH is 1. The van der Waals surface area contributed by atoms with Crippen molar-refractivity contribution in [1.29, 1.82) is 0 Å². The van der Waals surface area contributed by atoms with E-state index >= 15 is 0 Å². The van der Waals surface area contributed by atoms with E-state index in [4.69, 9.17) is 5.73 Å². The van der Waals surface area contributed by atoms with E-state index in [1.807, 2.05) is 48.6 Å². The Bertz CT molecular complexity index is 1680. The topological polar surface area (TPSA) is 72.3 Å². The quantitative estimate of drug-likeness (QED) is 0.265. The summed E-state index contributed by atoms with van der Waals surface area (Å²) in [6.45, 7) is 4.04. The van der Waals surface area contributed by atoms with Crippen molar-refractivity contribution in [2.75, 3.05) is 7.05 Å². The van der Waals surface area contributed by atoms with Crippen LogP contribution in [-0.2, 0) is 11.8 Å². The van der Waals surface area contributed by atoms with Crippen molar-refractivity contribution in [3.05, 3.63) is 204 Å². The molecule has 1 spiro atoms. The lowest BCUT2D eigenvalue weighted by Gasteiger charge is -2.35. The minimum Gasteiger partial charge on any atom is -0.515 e. The Hall–Kier alpha value is -5.12. The van der Waals surface area contributed by atoms with Crippen LogP contribution in [0.2, 0.25) is 0 Å². The molecule has 0 radical (unpaired) electrons. The summed E-state index contributed by atoms with van der Waals surface area (Å²) in [6.07, 6.45) is 29.1. The summed E-state index contributed by atoms with van der Waals surface area (Å²) in [4.78, 5) is 0. The molecule has 1 unspecified atom stereocenters. The summed E-state index contributed by atoms with van der Waals surface area (Å²) in [5.41, 5.74) is 20.5. The Balaban J connectivity index is 0.000000352. The smallest absolute Gasteiger partial charge is 0.0832 e. The number of allylic oxidation sites excluding steroid dienone is 15. The van der Waals surface area contributed by atoms with Crippen molar-refractivity contribution >= 4 is 11.1 Å². The number of aliphatic hydroxyl groups is 1. The number of hydrogen-bond acceptors (Lipinski definition) is 3. The Morgan fingerprint density at radius 1 is 0.778 bits per heavy atom. The molecule has 0 aliphatic heterocycles. The van der Waals surface area contributed by atoms with Gasteiger partial charge in [-0.1, -0.05) is 152 Å². The summed E-state index contributed by atoms with van der Waals surface area (Å²) >= 11 is 0. The molecule has 3 aromatic carbocycles. The standard InChI is InChI=1S/C32H31NO.C9H8.CH5N/c1-25-11-4-3-9-19-32(29(24-34)16-8-7-12-25)20-10-15-28(23-33)30-18-17-27(22-31(30)32)21-26-13-5-2-6-14-26;1-2-4-8(5-3-1)9-6-7-9;1-2/h2-18,22-24,34H,1,19-21,33H2;1-6H,7H2;2H2,1H3/b9-3-,11-4-,12-7-,16-8-,28-23+,29-24-;;. The highest BCUT2D eigenvalue weighted by Gasteiger charge is 2.37. The van der Waals surface area contributed by atoms with E-state index in [1.54, 1.807) is 6.20 Å². The molecular weight excluding hydrogens is 548 g/mol. The third kappa shape index (κ3) is 8.72. The fourth-order valence-electron chi connectivity index (χ4n) is 5.68. The fourth-order valence-corrected chi connectivity index (χ4v) is 5.68. The van der Waals surface area contributed by atoms with E-state index in [0.717, 1.165) is 41.5 Å². The van der Waals surface area contributed by atoms with Crippen molar-refractivity contribution in [2.45, 2.75) is 31.1 Å². The van der Waals surface area contributed by atoms with Gasteiger partial charge in [0.05, 0.1) is 6.26 Å². The Morgan fingerprint density at radius 2 is 1.42 bits per heavy atom. The minimum atomic E-state index is -0.442. The molecule has 3 aliphatic rings. The van der Waals surface area contributed by atoms with Crippen LogP contribution in [0.4, 0.5) is 0 Å². The van der Waals surface area contributed by atoms with Gasteiger partial charge in [-0.15, -0.1) is 0 Å². The molecule has 3 aromatic rings. The van der Waals surface area contributed by atoms with Crippen molar-refractivity contribution in [2.24, 2.45) is 11.5 Å². The van der Waals surface area contributed by atoms with Crippen molar-refractivity contribution in [3.8, 4) is 0 Å². The first-order valence-electron chi connectivity index (χ1n) is 15.4. The maximum Gasteiger partial charge on any atom is 0.0832 e. The second-order valence-corrected chi connectivity index (χ2v) is 11.0. The monoisotopic (exact) mass is 592 g/mol. The zero-order valence-corrected chi connectivity index (χ0v) is 26.1. The number of fused-ring (bicyclic) bond motifs is 2. The number of benzene rings is 3. The number of rotatable bonds is 3. The van der Waals surface area contributed by atoms with Gasteiger partial charge in [0.15, 0.2) is 0 Å². The zero-order chi connectivity index (χ0) is 31.9. The zero-order valence-electron chi connectivity index (χ0n) is 26.1. The first kappa shape index (κ1) is 32.8. The molecule has 0 heterocycles. The van der Waals surface area contributed by atoms with Crippen LogP contribution in [0.1, 0.15) is 47.1 Å². The normalized spacial score (nSPS) is 23.0. The van der Waals surface area contributed by atoms with Gasteiger partial charge in [-0.2, -0.15) is 0 Å². The largest absolute Gasteiger partial charge is 0.515 e. The maximum absolute atomic E-state index is 10.5. The van der Waals surface area contributed by atoms with Gasteiger partial charge in [0.25, 0.3) is 0 Å². The van der Waals surface area contributed by atoms with Crippen LogP contribution in [0, 0.1) is 0 Å². The summed E-state index contributed by atoms with van der Waals surface area (Å²) in [5, 5.41) is 10.5. The average Bonchev–Trinajstić information content (AvgIpc) is 3.95. The van der Waals surface area contributed by atoms with Crippen LogP contribution in [0.25, 0.3) is 11.1 Å². The molecule has 6 rings (SSSR count). The molecule has 0 aromatic heterocycles. The van der Waals surface area contributed by atoms with Crippen LogP contribution in [-0.4, -0.2) is 12.2 Å². The lowest BCUT2D eigenvalue weighted by Crippen LogP contribution is -2.28. The second-order valence-electron chi connectivity index (χ2n) is 11.0. The van der Waals surface area contributed by atoms with Gasteiger partial charge in [0.2, 0.25) is 0 Å². The number of hydrogen-bond donors (Lipinski definition) is 3. The van der Waals surface area contributed by atoms with Gasteiger partial charge in [0, 0.05) is 11.6 Å². The summed E-state index contributed by atoms with van der Waals surface area (Å²) < 4.78 is 0. The van der Waals surface area contributed by atoms with E-state index in [2.05, 4.69) is 109 Å². The van der Waals surface area contributed by atoms with Gasteiger partial charge < -0.3 is 16.6 Å². The lowest BCUT2D eigenvalue weighted by atomic mass is 9.67. The van der Waals surface area contributed by atoms with E-state index in [9.17, 15) is 5.11 Å². The van der Waals surface area contributed by atoms with Crippen molar-refractivity contribution in [1.82, 2.24) is 0 Å². The Kier molecular flexibility index (Phi) is 12.1. The third-order valence-corrected chi connectivity index (χ3v) is 8.07. The number of nitrogens with two attached hydrogens (primary N) is 2. The molecule has 0 saturated carbocycles.